The molecular weight excluding hydrogens is 482 g/mol. The molecule has 1 unspecified atom stereocenters. The van der Waals surface area contributed by atoms with Crippen molar-refractivity contribution in [2.75, 3.05) is 13.1 Å². The summed E-state index contributed by atoms with van der Waals surface area (Å²) in [6.07, 6.45) is 5.17. The normalized spacial score (nSPS) is 23.4. The van der Waals surface area contributed by atoms with Gasteiger partial charge in [-0.3, -0.25) is 19.3 Å². The van der Waals surface area contributed by atoms with E-state index in [9.17, 15) is 28.3 Å². The minimum absolute atomic E-state index is 0.0522. The number of carbonyl (C=O) groups excluding carboxylic acids is 2. The standard InChI is InChI=1S/C27H32F2N4O4/c1-15(2)11-31-12-17-5-3-4-6-21(17)33-22(31)14-32-13-19(24(34)25(35)23(32)27(33)37)26(36)30-10-16-7-8-18(28)9-20(16)29/h7-9,13,15,17,21-22,35H,3-6,10-12,14H2,1-2H3,(H,30,36)/t17-,21?,22-/m0/s1. The molecule has 3 atom stereocenters. The quantitative estimate of drug-likeness (QED) is 0.640. The molecule has 1 aliphatic carbocycles. The zero-order valence-electron chi connectivity index (χ0n) is 21.0. The van der Waals surface area contributed by atoms with Crippen LogP contribution >= 0.6 is 0 Å². The van der Waals surface area contributed by atoms with Crippen molar-refractivity contribution in [3.05, 3.63) is 63.1 Å². The highest BCUT2D eigenvalue weighted by Gasteiger charge is 2.48. The van der Waals surface area contributed by atoms with Gasteiger partial charge in [0.15, 0.2) is 11.4 Å². The van der Waals surface area contributed by atoms with Gasteiger partial charge in [0.1, 0.15) is 23.4 Å². The van der Waals surface area contributed by atoms with Crippen LogP contribution in [0.5, 0.6) is 5.75 Å². The Bertz CT molecular complexity index is 1290. The summed E-state index contributed by atoms with van der Waals surface area (Å²) in [5, 5.41) is 13.3. The van der Waals surface area contributed by atoms with Gasteiger partial charge >= 0.3 is 0 Å². The van der Waals surface area contributed by atoms with Crippen molar-refractivity contribution in [2.45, 2.75) is 64.8 Å². The van der Waals surface area contributed by atoms with Gasteiger partial charge in [-0.15, -0.1) is 0 Å². The van der Waals surface area contributed by atoms with E-state index >= 15 is 0 Å². The molecule has 3 heterocycles. The third-order valence-electron chi connectivity index (χ3n) is 7.79. The number of benzene rings is 1. The predicted octanol–water partition coefficient (Wildman–Crippen LogP) is 3.07. The summed E-state index contributed by atoms with van der Waals surface area (Å²) in [6.45, 7) is 5.99. The monoisotopic (exact) mass is 514 g/mol. The van der Waals surface area contributed by atoms with E-state index in [0.717, 1.165) is 44.8 Å². The first-order chi connectivity index (χ1) is 17.7. The van der Waals surface area contributed by atoms with Crippen LogP contribution in [0.2, 0.25) is 0 Å². The highest BCUT2D eigenvalue weighted by Crippen LogP contribution is 2.39. The van der Waals surface area contributed by atoms with Crippen LogP contribution in [0.25, 0.3) is 0 Å². The van der Waals surface area contributed by atoms with Crippen LogP contribution in [0.3, 0.4) is 0 Å². The Labute approximate surface area is 213 Å². The number of rotatable bonds is 5. The van der Waals surface area contributed by atoms with Crippen molar-refractivity contribution in [1.29, 1.82) is 0 Å². The molecule has 2 N–H and O–H groups in total. The maximum absolute atomic E-state index is 14.0. The smallest absolute Gasteiger partial charge is 0.276 e. The number of aromatic hydroxyl groups is 1. The molecule has 0 spiro atoms. The second-order valence-corrected chi connectivity index (χ2v) is 10.8. The molecule has 2 fully saturated rings. The number of nitrogens with one attached hydrogen (secondary N) is 1. The van der Waals surface area contributed by atoms with E-state index in [0.29, 0.717) is 24.4 Å². The summed E-state index contributed by atoms with van der Waals surface area (Å²) in [5.41, 5.74) is -1.34. The average molecular weight is 515 g/mol. The van der Waals surface area contributed by atoms with Crippen LogP contribution in [-0.2, 0) is 13.1 Å². The van der Waals surface area contributed by atoms with Crippen LogP contribution in [0.15, 0.2) is 29.2 Å². The topological polar surface area (TPSA) is 94.9 Å². The summed E-state index contributed by atoms with van der Waals surface area (Å²) in [7, 11) is 0. The van der Waals surface area contributed by atoms with Gasteiger partial charge in [0.25, 0.3) is 11.8 Å². The lowest BCUT2D eigenvalue weighted by Crippen LogP contribution is -2.68. The zero-order chi connectivity index (χ0) is 26.4. The molecule has 37 heavy (non-hydrogen) atoms. The molecule has 5 rings (SSSR count). The van der Waals surface area contributed by atoms with E-state index in [1.807, 2.05) is 4.90 Å². The number of carbonyl (C=O) groups is 2. The van der Waals surface area contributed by atoms with E-state index in [2.05, 4.69) is 24.1 Å². The summed E-state index contributed by atoms with van der Waals surface area (Å²) >= 11 is 0. The average Bonchev–Trinajstić information content (AvgIpc) is 2.85. The Morgan fingerprint density at radius 1 is 1.16 bits per heavy atom. The van der Waals surface area contributed by atoms with E-state index in [1.54, 1.807) is 0 Å². The largest absolute Gasteiger partial charge is 0.503 e. The van der Waals surface area contributed by atoms with Crippen LogP contribution in [-0.4, -0.2) is 56.6 Å². The third kappa shape index (κ3) is 4.63. The van der Waals surface area contributed by atoms with Crippen molar-refractivity contribution in [3.63, 3.8) is 0 Å². The number of fused-ring (bicyclic) bond motifs is 4. The van der Waals surface area contributed by atoms with Crippen LogP contribution in [0, 0.1) is 23.5 Å². The molecule has 3 aliphatic rings. The van der Waals surface area contributed by atoms with Gasteiger partial charge in [0, 0.05) is 43.5 Å². The summed E-state index contributed by atoms with van der Waals surface area (Å²) in [4.78, 5) is 43.8. The Morgan fingerprint density at radius 2 is 1.92 bits per heavy atom. The minimum Gasteiger partial charge on any atom is -0.503 e. The second kappa shape index (κ2) is 9.89. The zero-order valence-corrected chi connectivity index (χ0v) is 21.0. The maximum atomic E-state index is 14.0. The molecule has 1 saturated carbocycles. The number of hydrogen-bond acceptors (Lipinski definition) is 5. The van der Waals surface area contributed by atoms with Gasteiger partial charge in [-0.25, -0.2) is 8.78 Å². The lowest BCUT2D eigenvalue weighted by Gasteiger charge is -2.55. The fraction of sp³-hybridized carbons (Fsp3) is 0.519. The van der Waals surface area contributed by atoms with E-state index in [-0.39, 0.29) is 35.6 Å². The Balaban J connectivity index is 1.46. The Hall–Kier alpha value is -3.27. The summed E-state index contributed by atoms with van der Waals surface area (Å²) in [6, 6.07) is 3.06. The number of hydrogen-bond donors (Lipinski definition) is 2. The molecule has 0 radical (unpaired) electrons. The SMILES string of the molecule is CC(C)CN1C[C@@H]2CCCCC2N2C(=O)c3c(O)c(=O)c(C(=O)NCc4ccc(F)cc4F)cn3C[C@@H]12. The molecule has 1 aromatic heterocycles. The van der Waals surface area contributed by atoms with Gasteiger partial charge in [0.2, 0.25) is 5.43 Å². The molecule has 2 aromatic rings. The van der Waals surface area contributed by atoms with Crippen LogP contribution in [0.1, 0.15) is 65.9 Å². The summed E-state index contributed by atoms with van der Waals surface area (Å²) < 4.78 is 28.7. The number of amides is 2. The predicted molar refractivity (Wildman–Crippen MR) is 132 cm³/mol. The van der Waals surface area contributed by atoms with Crippen LogP contribution < -0.4 is 10.7 Å². The first-order valence-electron chi connectivity index (χ1n) is 12.9. The van der Waals surface area contributed by atoms with Crippen molar-refractivity contribution in [3.8, 4) is 5.75 Å². The van der Waals surface area contributed by atoms with E-state index in [1.165, 1.54) is 16.8 Å². The first kappa shape index (κ1) is 25.4. The van der Waals surface area contributed by atoms with Crippen LogP contribution in [0.4, 0.5) is 8.78 Å². The molecule has 2 amide bonds. The summed E-state index contributed by atoms with van der Waals surface area (Å²) in [5.74, 6) is -2.78. The highest BCUT2D eigenvalue weighted by atomic mass is 19.1. The number of halogens is 2. The number of pyridine rings is 1. The van der Waals surface area contributed by atoms with Gasteiger partial charge < -0.3 is 19.9 Å². The fourth-order valence-corrected chi connectivity index (χ4v) is 6.16. The lowest BCUT2D eigenvalue weighted by molar-refractivity contribution is -0.0771. The van der Waals surface area contributed by atoms with Gasteiger partial charge in [-0.1, -0.05) is 32.8 Å². The van der Waals surface area contributed by atoms with Gasteiger partial charge in [-0.05, 0) is 30.7 Å². The highest BCUT2D eigenvalue weighted by molar-refractivity contribution is 5.99. The molecule has 0 bridgehead atoms. The molecule has 1 saturated heterocycles. The minimum atomic E-state index is -0.952. The lowest BCUT2D eigenvalue weighted by atomic mass is 9.80. The van der Waals surface area contributed by atoms with Gasteiger partial charge in [-0.2, -0.15) is 0 Å². The molecular formula is C27H32F2N4O4. The van der Waals surface area contributed by atoms with Crippen molar-refractivity contribution < 1.29 is 23.5 Å². The fourth-order valence-electron chi connectivity index (χ4n) is 6.16. The molecule has 8 nitrogen and oxygen atoms in total. The van der Waals surface area contributed by atoms with Crippen molar-refractivity contribution in [1.82, 2.24) is 19.7 Å². The number of aromatic nitrogens is 1. The Morgan fingerprint density at radius 3 is 2.65 bits per heavy atom. The van der Waals surface area contributed by atoms with Crippen molar-refractivity contribution in [2.24, 2.45) is 11.8 Å². The number of nitrogens with zero attached hydrogens (tertiary/aromatic N) is 3. The molecule has 10 heteroatoms. The van der Waals surface area contributed by atoms with E-state index < -0.39 is 34.6 Å². The van der Waals surface area contributed by atoms with Gasteiger partial charge in [0.05, 0.1) is 6.54 Å². The molecule has 2 aliphatic heterocycles. The first-order valence-corrected chi connectivity index (χ1v) is 12.9. The second-order valence-electron chi connectivity index (χ2n) is 10.8. The van der Waals surface area contributed by atoms with E-state index in [4.69, 9.17) is 0 Å². The molecule has 1 aromatic carbocycles. The third-order valence-corrected chi connectivity index (χ3v) is 7.79. The molecule has 198 valence electrons. The maximum Gasteiger partial charge on any atom is 0.276 e. The Kier molecular flexibility index (Phi) is 6.78. The van der Waals surface area contributed by atoms with Crippen molar-refractivity contribution >= 4 is 11.8 Å².